The highest BCUT2D eigenvalue weighted by Crippen LogP contribution is 2.39. The van der Waals surface area contributed by atoms with Gasteiger partial charge in [0.2, 0.25) is 0 Å². The van der Waals surface area contributed by atoms with Gasteiger partial charge in [0.15, 0.2) is 6.10 Å². The molecule has 0 bridgehead atoms. The monoisotopic (exact) mass is 424 g/mol. The molecular weight excluding hydrogens is 401 g/mol. The number of pyridine rings is 1. The number of rotatable bonds is 2. The number of carbonyl (C=O) groups is 2. The number of carbonyl (C=O) groups excluding carboxylic acids is 2. The lowest BCUT2D eigenvalue weighted by molar-refractivity contribution is -0.200. The van der Waals surface area contributed by atoms with Crippen molar-refractivity contribution in [3.8, 4) is 0 Å². The number of likely N-dealkylation sites (tertiary alicyclic amines) is 2. The Labute approximate surface area is 171 Å². The summed E-state index contributed by atoms with van der Waals surface area (Å²) < 4.78 is 44.3. The Morgan fingerprint density at radius 3 is 2.57 bits per heavy atom. The molecule has 2 saturated heterocycles. The standard InChI is InChI=1S/C20H23F3N4O3/c1-14(20(21,22)23)30-18(29)25-11-7-19(8-12-25)6-4-10-27(19)17(28)15-13-26-9-3-2-5-16(26)24-15/h2-3,5,9,13-14H,4,6-8,10-12H2,1H3. The van der Waals surface area contributed by atoms with Gasteiger partial charge < -0.3 is 18.9 Å². The van der Waals surface area contributed by atoms with Crippen molar-refractivity contribution in [1.82, 2.24) is 19.2 Å². The van der Waals surface area contributed by atoms with Crippen LogP contribution in [0.15, 0.2) is 30.6 Å². The minimum atomic E-state index is -4.59. The van der Waals surface area contributed by atoms with E-state index in [4.69, 9.17) is 0 Å². The summed E-state index contributed by atoms with van der Waals surface area (Å²) in [6.07, 6.45) is -1.53. The summed E-state index contributed by atoms with van der Waals surface area (Å²) >= 11 is 0. The van der Waals surface area contributed by atoms with Gasteiger partial charge in [0.05, 0.1) is 0 Å². The number of hydrogen-bond donors (Lipinski definition) is 0. The molecule has 1 spiro atoms. The topological polar surface area (TPSA) is 67.2 Å². The van der Waals surface area contributed by atoms with Crippen molar-refractivity contribution in [2.75, 3.05) is 19.6 Å². The van der Waals surface area contributed by atoms with Crippen LogP contribution >= 0.6 is 0 Å². The maximum Gasteiger partial charge on any atom is 0.425 e. The molecule has 1 unspecified atom stereocenters. The highest BCUT2D eigenvalue weighted by molar-refractivity contribution is 5.93. The van der Waals surface area contributed by atoms with Gasteiger partial charge in [-0.2, -0.15) is 13.2 Å². The molecule has 0 radical (unpaired) electrons. The van der Waals surface area contributed by atoms with Gasteiger partial charge in [-0.1, -0.05) is 6.07 Å². The van der Waals surface area contributed by atoms with E-state index in [1.54, 1.807) is 10.6 Å². The van der Waals surface area contributed by atoms with Crippen LogP contribution in [0.4, 0.5) is 18.0 Å². The second-order valence-corrected chi connectivity index (χ2v) is 7.93. The van der Waals surface area contributed by atoms with Gasteiger partial charge in [-0.05, 0) is 44.7 Å². The first-order chi connectivity index (χ1) is 14.2. The van der Waals surface area contributed by atoms with Gasteiger partial charge in [-0.25, -0.2) is 9.78 Å². The summed E-state index contributed by atoms with van der Waals surface area (Å²) in [5.74, 6) is -0.155. The fourth-order valence-corrected chi connectivity index (χ4v) is 4.35. The number of fused-ring (bicyclic) bond motifs is 1. The van der Waals surface area contributed by atoms with Crippen LogP contribution in [0.2, 0.25) is 0 Å². The zero-order valence-electron chi connectivity index (χ0n) is 16.6. The van der Waals surface area contributed by atoms with Crippen LogP contribution < -0.4 is 0 Å². The van der Waals surface area contributed by atoms with Crippen molar-refractivity contribution < 1.29 is 27.5 Å². The second kappa shape index (κ2) is 7.48. The predicted octanol–water partition coefficient (Wildman–Crippen LogP) is 3.49. The van der Waals surface area contributed by atoms with Crippen molar-refractivity contribution in [3.63, 3.8) is 0 Å². The summed E-state index contributed by atoms with van der Waals surface area (Å²) in [4.78, 5) is 32.8. The SMILES string of the molecule is CC(OC(=O)N1CCC2(CCCN2C(=O)c2cn3ccccc3n2)CC1)C(F)(F)F. The Bertz CT molecular complexity index is 917. The Hall–Kier alpha value is -2.78. The van der Waals surface area contributed by atoms with Gasteiger partial charge in [-0.15, -0.1) is 0 Å². The van der Waals surface area contributed by atoms with Crippen molar-refractivity contribution in [2.24, 2.45) is 0 Å². The molecule has 4 rings (SSSR count). The van der Waals surface area contributed by atoms with E-state index in [9.17, 15) is 22.8 Å². The van der Waals surface area contributed by atoms with Crippen molar-refractivity contribution in [2.45, 2.75) is 50.4 Å². The predicted molar refractivity (Wildman–Crippen MR) is 101 cm³/mol. The molecule has 30 heavy (non-hydrogen) atoms. The number of nitrogens with zero attached hydrogens (tertiary/aromatic N) is 4. The quantitative estimate of drug-likeness (QED) is 0.740. The molecule has 0 saturated carbocycles. The molecule has 0 N–H and O–H groups in total. The Kier molecular flexibility index (Phi) is 5.11. The highest BCUT2D eigenvalue weighted by atomic mass is 19.4. The minimum Gasteiger partial charge on any atom is -0.437 e. The summed E-state index contributed by atoms with van der Waals surface area (Å²) in [6.45, 7) is 1.91. The number of piperidine rings is 1. The van der Waals surface area contributed by atoms with Crippen LogP contribution in [0.5, 0.6) is 0 Å². The number of amides is 2. The van der Waals surface area contributed by atoms with Gasteiger partial charge in [0.25, 0.3) is 5.91 Å². The first-order valence-electron chi connectivity index (χ1n) is 9.98. The molecule has 4 heterocycles. The van der Waals surface area contributed by atoms with Crippen LogP contribution in [-0.4, -0.2) is 68.6 Å². The Morgan fingerprint density at radius 2 is 1.90 bits per heavy atom. The molecule has 0 aromatic carbocycles. The Balaban J connectivity index is 1.43. The summed E-state index contributed by atoms with van der Waals surface area (Å²) in [5.41, 5.74) is 0.646. The number of alkyl halides is 3. The lowest BCUT2D eigenvalue weighted by atomic mass is 9.85. The molecule has 2 amide bonds. The van der Waals surface area contributed by atoms with Crippen LogP contribution in [-0.2, 0) is 4.74 Å². The summed E-state index contributed by atoms with van der Waals surface area (Å²) in [7, 11) is 0. The number of aromatic nitrogens is 2. The zero-order valence-corrected chi connectivity index (χ0v) is 16.6. The molecule has 1 atom stereocenters. The van der Waals surface area contributed by atoms with E-state index in [0.29, 0.717) is 30.7 Å². The van der Waals surface area contributed by atoms with Crippen molar-refractivity contribution >= 4 is 17.6 Å². The number of hydrogen-bond acceptors (Lipinski definition) is 4. The Morgan fingerprint density at radius 1 is 1.17 bits per heavy atom. The lowest BCUT2D eigenvalue weighted by Gasteiger charge is -2.44. The smallest absolute Gasteiger partial charge is 0.425 e. The van der Waals surface area contributed by atoms with E-state index in [1.807, 2.05) is 29.3 Å². The maximum absolute atomic E-state index is 13.2. The van der Waals surface area contributed by atoms with E-state index in [2.05, 4.69) is 9.72 Å². The van der Waals surface area contributed by atoms with Crippen LogP contribution in [0.25, 0.3) is 5.65 Å². The molecular formula is C20H23F3N4O3. The van der Waals surface area contributed by atoms with Gasteiger partial charge >= 0.3 is 12.3 Å². The first kappa shape index (κ1) is 20.5. The molecule has 2 aliphatic heterocycles. The van der Waals surface area contributed by atoms with Gasteiger partial charge in [0.1, 0.15) is 11.3 Å². The molecule has 162 valence electrons. The molecule has 0 aliphatic carbocycles. The molecule has 7 nitrogen and oxygen atoms in total. The third kappa shape index (κ3) is 3.70. The number of ether oxygens (including phenoxy) is 1. The summed E-state index contributed by atoms with van der Waals surface area (Å²) in [6, 6.07) is 5.53. The minimum absolute atomic E-state index is 0.155. The fraction of sp³-hybridized carbons (Fsp3) is 0.550. The van der Waals surface area contributed by atoms with Gasteiger partial charge in [-0.3, -0.25) is 4.79 Å². The fourth-order valence-electron chi connectivity index (χ4n) is 4.35. The van der Waals surface area contributed by atoms with E-state index >= 15 is 0 Å². The molecule has 10 heteroatoms. The number of halogens is 3. The maximum atomic E-state index is 13.2. The molecule has 2 aromatic rings. The summed E-state index contributed by atoms with van der Waals surface area (Å²) in [5, 5.41) is 0. The number of imidazole rings is 1. The van der Waals surface area contributed by atoms with Crippen molar-refractivity contribution in [3.05, 3.63) is 36.3 Å². The largest absolute Gasteiger partial charge is 0.437 e. The van der Waals surface area contributed by atoms with E-state index in [1.165, 1.54) is 4.90 Å². The molecule has 2 fully saturated rings. The third-order valence-electron chi connectivity index (χ3n) is 6.12. The lowest BCUT2D eigenvalue weighted by Crippen LogP contribution is -2.55. The second-order valence-electron chi connectivity index (χ2n) is 7.93. The van der Waals surface area contributed by atoms with Crippen molar-refractivity contribution in [1.29, 1.82) is 0 Å². The third-order valence-corrected chi connectivity index (χ3v) is 6.12. The zero-order chi connectivity index (χ0) is 21.5. The van der Waals surface area contributed by atoms with Crippen LogP contribution in [0, 0.1) is 0 Å². The van der Waals surface area contributed by atoms with Gasteiger partial charge in [0, 0.05) is 37.6 Å². The first-order valence-corrected chi connectivity index (χ1v) is 9.98. The van der Waals surface area contributed by atoms with Crippen LogP contribution in [0.3, 0.4) is 0 Å². The average molecular weight is 424 g/mol. The van der Waals surface area contributed by atoms with E-state index in [-0.39, 0.29) is 19.0 Å². The van der Waals surface area contributed by atoms with E-state index in [0.717, 1.165) is 19.8 Å². The molecule has 2 aliphatic rings. The molecule has 2 aromatic heterocycles. The highest BCUT2D eigenvalue weighted by Gasteiger charge is 2.47. The normalized spacial score (nSPS) is 20.0. The van der Waals surface area contributed by atoms with Crippen LogP contribution in [0.1, 0.15) is 43.1 Å². The average Bonchev–Trinajstić information content (AvgIpc) is 3.31. The van der Waals surface area contributed by atoms with E-state index < -0.39 is 23.9 Å².